The third kappa shape index (κ3) is 6.64. The van der Waals surface area contributed by atoms with Gasteiger partial charge in [-0.05, 0) is 127 Å². The van der Waals surface area contributed by atoms with Crippen molar-refractivity contribution >= 4 is 38.9 Å². The summed E-state index contributed by atoms with van der Waals surface area (Å²) in [7, 11) is 0. The molecule has 0 unspecified atom stereocenters. The molecule has 0 atom stereocenters. The molecule has 0 saturated heterocycles. The fourth-order valence-electron chi connectivity index (χ4n) is 11.2. The van der Waals surface area contributed by atoms with Crippen molar-refractivity contribution in [3.05, 3.63) is 301 Å². The highest BCUT2D eigenvalue weighted by molar-refractivity contribution is 6.17. The lowest BCUT2D eigenvalue weighted by molar-refractivity contribution is 0.768. The molecule has 13 rings (SSSR count). The van der Waals surface area contributed by atoms with Gasteiger partial charge in [0.05, 0.1) is 16.4 Å². The summed E-state index contributed by atoms with van der Waals surface area (Å²) in [6.45, 7) is 0. The molecule has 324 valence electrons. The van der Waals surface area contributed by atoms with Gasteiger partial charge in [0, 0.05) is 33.5 Å². The van der Waals surface area contributed by atoms with E-state index in [1.807, 2.05) is 0 Å². The van der Waals surface area contributed by atoms with Crippen LogP contribution in [0.1, 0.15) is 22.3 Å². The molecule has 0 aliphatic heterocycles. The maximum atomic E-state index is 2.48. The normalized spacial score (nSPS) is 12.5. The number of benzene rings is 11. The van der Waals surface area contributed by atoms with Gasteiger partial charge in [0.1, 0.15) is 0 Å². The Kier molecular flexibility index (Phi) is 9.77. The number of aromatic nitrogens is 1. The number of anilines is 3. The molecule has 0 fully saturated rings. The standard InChI is InChI=1S/C67H46N2/c1-6-21-47(22-7-1)49-37-39-55(40-38-49)68(56-41-42-59-58-33-16-18-35-62(58)67(63(59)45-56,52-27-10-3-11-28-52)53-29-12-4-13-30-53)57-44-61(51-26-20-25-50(43-51)48-23-8-2-9-24-48)66-60-34-17-19-36-64(60)69(65(66)46-57)54-31-14-5-15-32-54/h1-46H. The van der Waals surface area contributed by atoms with E-state index < -0.39 is 5.41 Å². The lowest BCUT2D eigenvalue weighted by Crippen LogP contribution is -2.28. The monoisotopic (exact) mass is 878 g/mol. The Balaban J connectivity index is 1.12. The highest BCUT2D eigenvalue weighted by atomic mass is 15.1. The third-order valence-electron chi connectivity index (χ3n) is 14.2. The third-order valence-corrected chi connectivity index (χ3v) is 14.2. The van der Waals surface area contributed by atoms with Gasteiger partial charge in [-0.3, -0.25) is 0 Å². The van der Waals surface area contributed by atoms with Crippen LogP contribution in [-0.2, 0) is 5.41 Å². The number of para-hydroxylation sites is 2. The fourth-order valence-corrected chi connectivity index (χ4v) is 11.2. The minimum atomic E-state index is -0.556. The molecule has 0 amide bonds. The first kappa shape index (κ1) is 40.3. The summed E-state index contributed by atoms with van der Waals surface area (Å²) in [6, 6.07) is 102. The Morgan fingerprint density at radius 1 is 0.290 bits per heavy atom. The van der Waals surface area contributed by atoms with E-state index >= 15 is 0 Å². The van der Waals surface area contributed by atoms with Crippen LogP contribution in [0.25, 0.3) is 72.0 Å². The Morgan fingerprint density at radius 2 is 0.812 bits per heavy atom. The summed E-state index contributed by atoms with van der Waals surface area (Å²) in [6.07, 6.45) is 0. The summed E-state index contributed by atoms with van der Waals surface area (Å²) in [5.41, 5.74) is 20.7. The topological polar surface area (TPSA) is 8.17 Å². The summed E-state index contributed by atoms with van der Waals surface area (Å²) in [5, 5.41) is 2.44. The van der Waals surface area contributed by atoms with Gasteiger partial charge < -0.3 is 9.47 Å². The Bertz CT molecular complexity index is 3760. The van der Waals surface area contributed by atoms with E-state index in [4.69, 9.17) is 0 Å². The van der Waals surface area contributed by atoms with Crippen molar-refractivity contribution in [2.24, 2.45) is 0 Å². The number of hydrogen-bond donors (Lipinski definition) is 0. The molecule has 11 aromatic carbocycles. The molecule has 0 radical (unpaired) electrons. The Morgan fingerprint density at radius 3 is 1.51 bits per heavy atom. The van der Waals surface area contributed by atoms with Crippen molar-refractivity contribution in [3.8, 4) is 50.2 Å². The number of fused-ring (bicyclic) bond motifs is 6. The van der Waals surface area contributed by atoms with Crippen LogP contribution in [0.4, 0.5) is 17.1 Å². The van der Waals surface area contributed by atoms with Crippen molar-refractivity contribution < 1.29 is 0 Å². The molecule has 1 heterocycles. The van der Waals surface area contributed by atoms with Crippen LogP contribution in [-0.4, -0.2) is 4.57 Å². The summed E-state index contributed by atoms with van der Waals surface area (Å²) in [4.78, 5) is 2.48. The van der Waals surface area contributed by atoms with E-state index in [9.17, 15) is 0 Å². The van der Waals surface area contributed by atoms with Crippen molar-refractivity contribution in [2.45, 2.75) is 5.41 Å². The number of hydrogen-bond acceptors (Lipinski definition) is 1. The minimum absolute atomic E-state index is 0.556. The first-order valence-corrected chi connectivity index (χ1v) is 23.8. The Hall–Kier alpha value is -8.98. The lowest BCUT2D eigenvalue weighted by atomic mass is 9.67. The molecule has 69 heavy (non-hydrogen) atoms. The van der Waals surface area contributed by atoms with E-state index in [0.717, 1.165) is 33.8 Å². The smallest absolute Gasteiger partial charge is 0.0714 e. The van der Waals surface area contributed by atoms with Crippen LogP contribution in [0.3, 0.4) is 0 Å². The van der Waals surface area contributed by atoms with E-state index in [0.29, 0.717) is 0 Å². The van der Waals surface area contributed by atoms with Crippen molar-refractivity contribution in [3.63, 3.8) is 0 Å². The molecule has 12 aromatic rings. The summed E-state index contributed by atoms with van der Waals surface area (Å²) >= 11 is 0. The van der Waals surface area contributed by atoms with Crippen LogP contribution in [0.15, 0.2) is 279 Å². The van der Waals surface area contributed by atoms with Gasteiger partial charge in [0.2, 0.25) is 0 Å². The highest BCUT2D eigenvalue weighted by Gasteiger charge is 2.46. The van der Waals surface area contributed by atoms with E-state index in [2.05, 4.69) is 289 Å². The average Bonchev–Trinajstić information content (AvgIpc) is 3.93. The number of rotatable bonds is 9. The average molecular weight is 879 g/mol. The number of nitrogens with zero attached hydrogens (tertiary/aromatic N) is 2. The fraction of sp³-hybridized carbons (Fsp3) is 0.0149. The molecule has 1 aliphatic carbocycles. The predicted octanol–water partition coefficient (Wildman–Crippen LogP) is 17.6. The van der Waals surface area contributed by atoms with Gasteiger partial charge in [-0.1, -0.05) is 218 Å². The van der Waals surface area contributed by atoms with Crippen LogP contribution < -0.4 is 4.90 Å². The van der Waals surface area contributed by atoms with Gasteiger partial charge in [-0.25, -0.2) is 0 Å². The van der Waals surface area contributed by atoms with Crippen molar-refractivity contribution in [2.75, 3.05) is 4.90 Å². The van der Waals surface area contributed by atoms with Crippen molar-refractivity contribution in [1.82, 2.24) is 4.57 Å². The molecule has 0 bridgehead atoms. The van der Waals surface area contributed by atoms with Crippen LogP contribution in [0.5, 0.6) is 0 Å². The van der Waals surface area contributed by atoms with Gasteiger partial charge >= 0.3 is 0 Å². The van der Waals surface area contributed by atoms with Crippen LogP contribution in [0.2, 0.25) is 0 Å². The van der Waals surface area contributed by atoms with E-state index in [-0.39, 0.29) is 0 Å². The first-order valence-electron chi connectivity index (χ1n) is 23.8. The second-order valence-electron chi connectivity index (χ2n) is 18.0. The molecule has 2 nitrogen and oxygen atoms in total. The van der Waals surface area contributed by atoms with Crippen molar-refractivity contribution in [1.29, 1.82) is 0 Å². The Labute approximate surface area is 403 Å². The minimum Gasteiger partial charge on any atom is -0.310 e. The second kappa shape index (κ2) is 16.7. The summed E-state index contributed by atoms with van der Waals surface area (Å²) < 4.78 is 2.45. The maximum Gasteiger partial charge on any atom is 0.0714 e. The van der Waals surface area contributed by atoms with Crippen LogP contribution >= 0.6 is 0 Å². The molecule has 0 spiro atoms. The largest absolute Gasteiger partial charge is 0.310 e. The van der Waals surface area contributed by atoms with Gasteiger partial charge in [-0.15, -0.1) is 0 Å². The van der Waals surface area contributed by atoms with Gasteiger partial charge in [0.25, 0.3) is 0 Å². The van der Waals surface area contributed by atoms with Gasteiger partial charge in [0.15, 0.2) is 0 Å². The molecule has 1 aliphatic rings. The molecular weight excluding hydrogens is 833 g/mol. The SMILES string of the molecule is c1ccc(-c2ccc(N(c3ccc4c(c3)C(c3ccccc3)(c3ccccc3)c3ccccc3-4)c3cc(-c4cccc(-c5ccccc5)c4)c4c5ccccc5n(-c5ccccc5)c4c3)cc2)cc1. The lowest BCUT2D eigenvalue weighted by Gasteiger charge is -2.35. The molecular formula is C67H46N2. The second-order valence-corrected chi connectivity index (χ2v) is 18.0. The zero-order valence-corrected chi connectivity index (χ0v) is 38.0. The molecule has 0 N–H and O–H groups in total. The zero-order valence-electron chi connectivity index (χ0n) is 38.0. The predicted molar refractivity (Wildman–Crippen MR) is 289 cm³/mol. The van der Waals surface area contributed by atoms with E-state index in [1.54, 1.807) is 0 Å². The summed E-state index contributed by atoms with van der Waals surface area (Å²) in [5.74, 6) is 0. The first-order chi connectivity index (χ1) is 34.2. The van der Waals surface area contributed by atoms with Gasteiger partial charge in [-0.2, -0.15) is 0 Å². The highest BCUT2D eigenvalue weighted by Crippen LogP contribution is 2.57. The molecule has 0 saturated carbocycles. The zero-order chi connectivity index (χ0) is 45.7. The van der Waals surface area contributed by atoms with Crippen LogP contribution in [0, 0.1) is 0 Å². The molecule has 1 aromatic heterocycles. The molecule has 2 heteroatoms. The quantitative estimate of drug-likeness (QED) is 0.140. The maximum absolute atomic E-state index is 2.48. The van der Waals surface area contributed by atoms with E-state index in [1.165, 1.54) is 77.5 Å².